The molecule has 0 bridgehead atoms. The Kier molecular flexibility index (Phi) is 4.66. The monoisotopic (exact) mass is 292 g/mol. The Hall–Kier alpha value is -1.04. The maximum absolute atomic E-state index is 6.13. The maximum atomic E-state index is 6.13. The van der Waals surface area contributed by atoms with Crippen LogP contribution in [0.4, 0.5) is 0 Å². The fourth-order valence-corrected chi connectivity index (χ4v) is 2.33. The molecular formula is C16H25BO4. The number of hydrogen-bond donors (Lipinski definition) is 0. The third kappa shape index (κ3) is 3.10. The minimum absolute atomic E-state index is 0.212. The largest absolute Gasteiger partial charge is 0.498 e. The molecule has 0 radical (unpaired) electrons. The quantitative estimate of drug-likeness (QED) is 0.617. The van der Waals surface area contributed by atoms with E-state index in [9.17, 15) is 0 Å². The van der Waals surface area contributed by atoms with Gasteiger partial charge < -0.3 is 18.8 Å². The first kappa shape index (κ1) is 16.3. The van der Waals surface area contributed by atoms with E-state index in [1.807, 2.05) is 39.8 Å². The molecular weight excluding hydrogens is 267 g/mol. The highest BCUT2D eigenvalue weighted by atomic mass is 16.7. The van der Waals surface area contributed by atoms with Gasteiger partial charge in [0.2, 0.25) is 0 Å². The molecule has 0 aromatic heterocycles. The van der Waals surface area contributed by atoms with Crippen molar-refractivity contribution >= 4 is 12.6 Å². The third-order valence-electron chi connectivity index (χ3n) is 4.34. The van der Waals surface area contributed by atoms with E-state index in [1.54, 1.807) is 7.11 Å². The van der Waals surface area contributed by atoms with Crippen molar-refractivity contribution in [1.29, 1.82) is 0 Å². The zero-order valence-electron chi connectivity index (χ0n) is 13.9. The van der Waals surface area contributed by atoms with Gasteiger partial charge in [-0.2, -0.15) is 0 Å². The first-order valence-corrected chi connectivity index (χ1v) is 7.41. The van der Waals surface area contributed by atoms with Crippen LogP contribution in [0.25, 0.3) is 0 Å². The van der Waals surface area contributed by atoms with E-state index in [4.69, 9.17) is 18.8 Å². The minimum Gasteiger partial charge on any atom is -0.468 e. The molecule has 0 spiro atoms. The molecule has 0 saturated carbocycles. The Morgan fingerprint density at radius 2 is 1.71 bits per heavy atom. The van der Waals surface area contributed by atoms with Crippen LogP contribution in [-0.2, 0) is 20.5 Å². The van der Waals surface area contributed by atoms with Crippen LogP contribution in [0.2, 0.25) is 0 Å². The van der Waals surface area contributed by atoms with Crippen LogP contribution in [0.15, 0.2) is 18.2 Å². The van der Waals surface area contributed by atoms with E-state index >= 15 is 0 Å². The summed E-state index contributed by atoms with van der Waals surface area (Å²) in [5.74, 6) is 0.806. The van der Waals surface area contributed by atoms with Crippen molar-refractivity contribution in [3.63, 3.8) is 0 Å². The summed E-state index contributed by atoms with van der Waals surface area (Å²) >= 11 is 0. The van der Waals surface area contributed by atoms with E-state index in [0.29, 0.717) is 0 Å². The van der Waals surface area contributed by atoms with Gasteiger partial charge in [0.05, 0.1) is 11.2 Å². The van der Waals surface area contributed by atoms with Gasteiger partial charge in [-0.3, -0.25) is 0 Å². The molecule has 0 atom stereocenters. The lowest BCUT2D eigenvalue weighted by Crippen LogP contribution is -2.41. The molecule has 1 heterocycles. The number of ether oxygens (including phenoxy) is 2. The van der Waals surface area contributed by atoms with Crippen molar-refractivity contribution in [2.24, 2.45) is 0 Å². The van der Waals surface area contributed by atoms with Gasteiger partial charge in [0.1, 0.15) is 5.75 Å². The van der Waals surface area contributed by atoms with Crippen molar-refractivity contribution in [1.82, 2.24) is 0 Å². The zero-order chi connectivity index (χ0) is 15.7. The number of methoxy groups -OCH3 is 1. The van der Waals surface area contributed by atoms with Gasteiger partial charge >= 0.3 is 7.12 Å². The molecule has 21 heavy (non-hydrogen) atoms. The maximum Gasteiger partial charge on any atom is 0.498 e. The van der Waals surface area contributed by atoms with Crippen LogP contribution in [0.5, 0.6) is 5.75 Å². The lowest BCUT2D eigenvalue weighted by Gasteiger charge is -2.32. The number of benzene rings is 1. The molecule has 1 aliphatic rings. The van der Waals surface area contributed by atoms with Gasteiger partial charge in [-0.1, -0.05) is 25.1 Å². The molecule has 4 nitrogen and oxygen atoms in total. The van der Waals surface area contributed by atoms with Crippen LogP contribution in [0.3, 0.4) is 0 Å². The summed E-state index contributed by atoms with van der Waals surface area (Å²) in [6.45, 7) is 10.5. The molecule has 0 N–H and O–H groups in total. The highest BCUT2D eigenvalue weighted by Crippen LogP contribution is 2.37. The second-order valence-corrected chi connectivity index (χ2v) is 6.33. The summed E-state index contributed by atoms with van der Waals surface area (Å²) in [6, 6.07) is 6.06. The van der Waals surface area contributed by atoms with Crippen LogP contribution in [0.1, 0.15) is 40.2 Å². The highest BCUT2D eigenvalue weighted by molar-refractivity contribution is 6.63. The predicted molar refractivity (Wildman–Crippen MR) is 84.0 cm³/mol. The van der Waals surface area contributed by atoms with Crippen LogP contribution in [0, 0.1) is 0 Å². The van der Waals surface area contributed by atoms with Gasteiger partial charge in [-0.05, 0) is 39.7 Å². The van der Waals surface area contributed by atoms with Crippen molar-refractivity contribution in [2.75, 3.05) is 13.9 Å². The van der Waals surface area contributed by atoms with E-state index < -0.39 is 7.12 Å². The van der Waals surface area contributed by atoms with Crippen molar-refractivity contribution < 1.29 is 18.8 Å². The molecule has 5 heteroatoms. The molecule has 0 unspecified atom stereocenters. The molecule has 0 aliphatic carbocycles. The second kappa shape index (κ2) is 5.99. The molecule has 1 aliphatic heterocycles. The SMILES string of the molecule is CCc1cccc(B2OC(C)(C)C(C)(C)O2)c1OCOC. The zero-order valence-corrected chi connectivity index (χ0v) is 13.9. The lowest BCUT2D eigenvalue weighted by atomic mass is 9.77. The van der Waals surface area contributed by atoms with Crippen molar-refractivity contribution in [3.8, 4) is 5.75 Å². The van der Waals surface area contributed by atoms with E-state index in [2.05, 4.69) is 13.0 Å². The Balaban J connectivity index is 2.36. The van der Waals surface area contributed by atoms with Crippen molar-refractivity contribution in [2.45, 2.75) is 52.2 Å². The first-order chi connectivity index (χ1) is 9.82. The average molecular weight is 292 g/mol. The normalized spacial score (nSPS) is 19.8. The Morgan fingerprint density at radius 1 is 1.10 bits per heavy atom. The van der Waals surface area contributed by atoms with Gasteiger partial charge in [-0.15, -0.1) is 0 Å². The smallest absolute Gasteiger partial charge is 0.468 e. The molecule has 1 saturated heterocycles. The molecule has 1 aromatic rings. The number of rotatable bonds is 5. The topological polar surface area (TPSA) is 36.9 Å². The van der Waals surface area contributed by atoms with Gasteiger partial charge in [0, 0.05) is 12.6 Å². The molecule has 2 rings (SSSR count). The van der Waals surface area contributed by atoms with Crippen LogP contribution < -0.4 is 10.2 Å². The fourth-order valence-electron chi connectivity index (χ4n) is 2.33. The van der Waals surface area contributed by atoms with E-state index in [1.165, 1.54) is 0 Å². The van der Waals surface area contributed by atoms with E-state index in [0.717, 1.165) is 23.2 Å². The Labute approximate surface area is 127 Å². The predicted octanol–water partition coefficient (Wildman–Crippen LogP) is 2.53. The summed E-state index contributed by atoms with van der Waals surface area (Å²) in [6.07, 6.45) is 0.881. The molecule has 1 aromatic carbocycles. The number of hydrogen-bond acceptors (Lipinski definition) is 4. The summed E-state index contributed by atoms with van der Waals surface area (Å²) in [5, 5.41) is 0. The summed E-state index contributed by atoms with van der Waals surface area (Å²) in [7, 11) is 1.19. The lowest BCUT2D eigenvalue weighted by molar-refractivity contribution is 0.00578. The summed E-state index contributed by atoms with van der Waals surface area (Å²) < 4.78 is 23.1. The minimum atomic E-state index is -0.423. The molecule has 0 amide bonds. The molecule has 1 fully saturated rings. The van der Waals surface area contributed by atoms with Crippen LogP contribution in [-0.4, -0.2) is 32.2 Å². The van der Waals surface area contributed by atoms with Gasteiger partial charge in [0.25, 0.3) is 0 Å². The fraction of sp³-hybridized carbons (Fsp3) is 0.625. The van der Waals surface area contributed by atoms with E-state index in [-0.39, 0.29) is 18.0 Å². The summed E-state index contributed by atoms with van der Waals surface area (Å²) in [5.41, 5.74) is 1.32. The van der Waals surface area contributed by atoms with Crippen LogP contribution >= 0.6 is 0 Å². The number of aryl methyl sites for hydroxylation is 1. The Bertz CT molecular complexity index is 483. The average Bonchev–Trinajstić information content (AvgIpc) is 2.64. The van der Waals surface area contributed by atoms with Gasteiger partial charge in [-0.25, -0.2) is 0 Å². The highest BCUT2D eigenvalue weighted by Gasteiger charge is 2.52. The van der Waals surface area contributed by atoms with Gasteiger partial charge in [0.15, 0.2) is 6.79 Å². The van der Waals surface area contributed by atoms with Crippen molar-refractivity contribution in [3.05, 3.63) is 23.8 Å². The summed E-state index contributed by atoms with van der Waals surface area (Å²) in [4.78, 5) is 0. The first-order valence-electron chi connectivity index (χ1n) is 7.41. The third-order valence-corrected chi connectivity index (χ3v) is 4.34. The number of para-hydroxylation sites is 1. The Morgan fingerprint density at radius 3 is 2.24 bits per heavy atom. The standard InChI is InChI=1S/C16H25BO4/c1-7-12-9-8-10-13(14(12)19-11-18-6)17-20-15(2,3)16(4,5)21-17/h8-10H,7,11H2,1-6H3. The second-order valence-electron chi connectivity index (χ2n) is 6.33. The molecule has 116 valence electrons.